The number of hydrogen-bond donors (Lipinski definition) is 1. The number of benzene rings is 3. The van der Waals surface area contributed by atoms with Gasteiger partial charge in [-0.1, -0.05) is 61.5 Å². The third kappa shape index (κ3) is 2.68. The first kappa shape index (κ1) is 14.9. The van der Waals surface area contributed by atoms with Gasteiger partial charge in [0.1, 0.15) is 0 Å². The van der Waals surface area contributed by atoms with Gasteiger partial charge in [-0.25, -0.2) is 0 Å². The highest BCUT2D eigenvalue weighted by Gasteiger charge is 2.29. The van der Waals surface area contributed by atoms with Gasteiger partial charge >= 0.3 is 0 Å². The van der Waals surface area contributed by atoms with Gasteiger partial charge in [0, 0.05) is 21.2 Å². The van der Waals surface area contributed by atoms with Crippen molar-refractivity contribution in [2.24, 2.45) is 0 Å². The standard InChI is InChI=1S/C20H21NS/c1-2-21-22(18-12-6-3-7-13-18,19-14-8-4-9-15-19)20-16-10-5-11-17-20/h3-17,21H,2H2,1H3. The van der Waals surface area contributed by atoms with Crippen LogP contribution >= 0.6 is 10.2 Å². The van der Waals surface area contributed by atoms with Crippen LogP contribution in [0.4, 0.5) is 0 Å². The van der Waals surface area contributed by atoms with E-state index in [4.69, 9.17) is 0 Å². The summed E-state index contributed by atoms with van der Waals surface area (Å²) in [5.74, 6) is 0. The summed E-state index contributed by atoms with van der Waals surface area (Å²) >= 11 is 0. The third-order valence-electron chi connectivity index (χ3n) is 3.65. The van der Waals surface area contributed by atoms with Crippen molar-refractivity contribution in [1.82, 2.24) is 4.72 Å². The van der Waals surface area contributed by atoms with Crippen molar-refractivity contribution in [1.29, 1.82) is 0 Å². The van der Waals surface area contributed by atoms with E-state index in [1.165, 1.54) is 14.7 Å². The van der Waals surface area contributed by atoms with Gasteiger partial charge in [0.05, 0.1) is 0 Å². The second kappa shape index (κ2) is 6.82. The van der Waals surface area contributed by atoms with Gasteiger partial charge in [0.15, 0.2) is 0 Å². The summed E-state index contributed by atoms with van der Waals surface area (Å²) in [4.78, 5) is 4.03. The molecule has 22 heavy (non-hydrogen) atoms. The molecule has 1 nitrogen and oxygen atoms in total. The minimum atomic E-state index is -1.43. The normalized spacial score (nSPS) is 12.0. The lowest BCUT2D eigenvalue weighted by Gasteiger charge is -2.42. The Labute approximate surface area is 134 Å². The van der Waals surface area contributed by atoms with Crippen molar-refractivity contribution in [3.63, 3.8) is 0 Å². The van der Waals surface area contributed by atoms with Crippen LogP contribution in [0.3, 0.4) is 0 Å². The first-order valence-electron chi connectivity index (χ1n) is 7.61. The molecule has 0 atom stereocenters. The molecule has 3 rings (SSSR count). The summed E-state index contributed by atoms with van der Waals surface area (Å²) in [5, 5.41) is 0. The fourth-order valence-electron chi connectivity index (χ4n) is 2.75. The summed E-state index contributed by atoms with van der Waals surface area (Å²) < 4.78 is 3.83. The quantitative estimate of drug-likeness (QED) is 0.657. The number of nitrogens with one attached hydrogen (secondary N) is 1. The van der Waals surface area contributed by atoms with Crippen LogP contribution in [0, 0.1) is 0 Å². The van der Waals surface area contributed by atoms with Gasteiger partial charge in [-0.05, 0) is 36.4 Å². The zero-order valence-electron chi connectivity index (χ0n) is 12.8. The van der Waals surface area contributed by atoms with Crippen LogP contribution in [0.25, 0.3) is 0 Å². The summed E-state index contributed by atoms with van der Waals surface area (Å²) in [6, 6.07) is 32.4. The second-order valence-corrected chi connectivity index (χ2v) is 7.98. The van der Waals surface area contributed by atoms with Gasteiger partial charge in [-0.15, -0.1) is 10.2 Å². The van der Waals surface area contributed by atoms with Gasteiger partial charge in [-0.3, -0.25) is 4.72 Å². The fraction of sp³-hybridized carbons (Fsp3) is 0.100. The zero-order chi connectivity index (χ0) is 15.3. The van der Waals surface area contributed by atoms with Crippen LogP contribution in [-0.4, -0.2) is 6.54 Å². The monoisotopic (exact) mass is 307 g/mol. The van der Waals surface area contributed by atoms with E-state index in [0.717, 1.165) is 6.54 Å². The molecule has 112 valence electrons. The highest BCUT2D eigenvalue weighted by Crippen LogP contribution is 2.64. The van der Waals surface area contributed by atoms with Crippen molar-refractivity contribution >= 4 is 10.2 Å². The minimum absolute atomic E-state index is 0.925. The van der Waals surface area contributed by atoms with E-state index in [-0.39, 0.29) is 0 Å². The lowest BCUT2D eigenvalue weighted by Crippen LogP contribution is -2.21. The summed E-state index contributed by atoms with van der Waals surface area (Å²) in [7, 11) is -1.43. The first-order valence-corrected chi connectivity index (χ1v) is 9.24. The van der Waals surface area contributed by atoms with E-state index < -0.39 is 10.2 Å². The van der Waals surface area contributed by atoms with E-state index in [0.29, 0.717) is 0 Å². The lowest BCUT2D eigenvalue weighted by atomic mass is 10.4. The van der Waals surface area contributed by atoms with Gasteiger partial charge in [0.2, 0.25) is 0 Å². The summed E-state index contributed by atoms with van der Waals surface area (Å²) in [6.45, 7) is 3.10. The molecular formula is C20H21NS. The summed E-state index contributed by atoms with van der Waals surface area (Å²) in [6.07, 6.45) is 0. The van der Waals surface area contributed by atoms with Crippen molar-refractivity contribution in [2.45, 2.75) is 21.6 Å². The molecule has 0 amide bonds. The van der Waals surface area contributed by atoms with Crippen LogP contribution < -0.4 is 4.72 Å². The molecule has 0 radical (unpaired) electrons. The highest BCUT2D eigenvalue weighted by molar-refractivity contribution is 8.32. The smallest absolute Gasteiger partial charge is 0.0109 e. The van der Waals surface area contributed by atoms with Crippen molar-refractivity contribution in [3.05, 3.63) is 91.0 Å². The van der Waals surface area contributed by atoms with Crippen LogP contribution in [-0.2, 0) is 0 Å². The summed E-state index contributed by atoms with van der Waals surface area (Å²) in [5.41, 5.74) is 0. The zero-order valence-corrected chi connectivity index (χ0v) is 13.6. The Morgan fingerprint density at radius 2 is 0.909 bits per heavy atom. The molecule has 0 heterocycles. The van der Waals surface area contributed by atoms with Crippen LogP contribution in [0.5, 0.6) is 0 Å². The molecule has 2 heteroatoms. The number of hydrogen-bond acceptors (Lipinski definition) is 1. The molecular weight excluding hydrogens is 286 g/mol. The molecule has 0 aromatic heterocycles. The predicted octanol–water partition coefficient (Wildman–Crippen LogP) is 5.49. The minimum Gasteiger partial charge on any atom is -0.270 e. The third-order valence-corrected chi connectivity index (χ3v) is 7.31. The fourth-order valence-corrected chi connectivity index (χ4v) is 6.19. The maximum Gasteiger partial charge on any atom is 0.0109 e. The van der Waals surface area contributed by atoms with E-state index in [1.54, 1.807) is 0 Å². The molecule has 0 fully saturated rings. The van der Waals surface area contributed by atoms with Gasteiger partial charge < -0.3 is 0 Å². The molecule has 0 bridgehead atoms. The topological polar surface area (TPSA) is 12.0 Å². The van der Waals surface area contributed by atoms with Crippen LogP contribution in [0.15, 0.2) is 106 Å². The van der Waals surface area contributed by atoms with E-state index in [1.807, 2.05) is 0 Å². The maximum atomic E-state index is 3.83. The molecule has 3 aromatic carbocycles. The van der Waals surface area contributed by atoms with Crippen LogP contribution in [0.1, 0.15) is 6.92 Å². The largest absolute Gasteiger partial charge is 0.270 e. The molecule has 0 spiro atoms. The van der Waals surface area contributed by atoms with E-state index in [9.17, 15) is 0 Å². The Kier molecular flexibility index (Phi) is 4.62. The molecule has 1 N–H and O–H groups in total. The van der Waals surface area contributed by atoms with Crippen molar-refractivity contribution < 1.29 is 0 Å². The molecule has 0 aliphatic rings. The SMILES string of the molecule is CCNS(c1ccccc1)(c1ccccc1)c1ccccc1. The van der Waals surface area contributed by atoms with Crippen LogP contribution in [0.2, 0.25) is 0 Å². The Balaban J connectivity index is 2.29. The van der Waals surface area contributed by atoms with Gasteiger partial charge in [-0.2, -0.15) is 0 Å². The molecule has 3 aromatic rings. The van der Waals surface area contributed by atoms with Crippen molar-refractivity contribution in [3.8, 4) is 0 Å². The van der Waals surface area contributed by atoms with Gasteiger partial charge in [0.25, 0.3) is 0 Å². The first-order chi connectivity index (χ1) is 10.9. The van der Waals surface area contributed by atoms with Crippen molar-refractivity contribution in [2.75, 3.05) is 6.54 Å². The average Bonchev–Trinajstić information content (AvgIpc) is 2.62. The highest BCUT2D eigenvalue weighted by atomic mass is 32.3. The Morgan fingerprint density at radius 1 is 0.591 bits per heavy atom. The molecule has 0 saturated carbocycles. The maximum absolute atomic E-state index is 3.83. The molecule has 0 saturated heterocycles. The molecule has 0 aliphatic heterocycles. The molecule has 0 unspecified atom stereocenters. The van der Waals surface area contributed by atoms with E-state index in [2.05, 4.69) is 103 Å². The number of rotatable bonds is 5. The molecule has 0 aliphatic carbocycles. The average molecular weight is 307 g/mol. The van der Waals surface area contributed by atoms with E-state index >= 15 is 0 Å². The Morgan fingerprint density at radius 3 is 1.18 bits per heavy atom. The Hall–Kier alpha value is -2.03. The predicted molar refractivity (Wildman–Crippen MR) is 95.4 cm³/mol. The second-order valence-electron chi connectivity index (χ2n) is 5.05. The lowest BCUT2D eigenvalue weighted by molar-refractivity contribution is 0.991. The Bertz CT molecular complexity index is 599.